The van der Waals surface area contributed by atoms with Crippen LogP contribution in [0.2, 0.25) is 5.28 Å². The third-order valence-corrected chi connectivity index (χ3v) is 3.78. The van der Waals surface area contributed by atoms with Crippen molar-refractivity contribution in [1.29, 1.82) is 0 Å². The standard InChI is InChI=1S/C18H12ClF3N4O2/c19-16-24-9-14(10-4-6-11(7-5-10)18(20,21)22)15(26-16)25-12-2-1-3-13(8-12)28-17(23)27/h1-9H,(H2,23,27)(H,24,25,26). The summed E-state index contributed by atoms with van der Waals surface area (Å²) in [4.78, 5) is 18.9. The average molecular weight is 409 g/mol. The molecule has 0 atom stereocenters. The minimum atomic E-state index is -4.43. The Bertz CT molecular complexity index is 1010. The van der Waals surface area contributed by atoms with Gasteiger partial charge in [-0.15, -0.1) is 0 Å². The number of rotatable bonds is 4. The zero-order valence-electron chi connectivity index (χ0n) is 14.0. The summed E-state index contributed by atoms with van der Waals surface area (Å²) in [6.07, 6.45) is -4.01. The molecule has 1 aromatic heterocycles. The molecule has 28 heavy (non-hydrogen) atoms. The number of nitrogens with zero attached hydrogens (tertiary/aromatic N) is 2. The molecule has 0 radical (unpaired) electrons. The lowest BCUT2D eigenvalue weighted by Crippen LogP contribution is -2.16. The predicted molar refractivity (Wildman–Crippen MR) is 97.4 cm³/mol. The lowest BCUT2D eigenvalue weighted by molar-refractivity contribution is -0.137. The van der Waals surface area contributed by atoms with E-state index in [9.17, 15) is 18.0 Å². The Morgan fingerprint density at radius 1 is 1.14 bits per heavy atom. The molecular formula is C18H12ClF3N4O2. The number of primary amides is 1. The highest BCUT2D eigenvalue weighted by atomic mass is 35.5. The molecule has 0 fully saturated rings. The van der Waals surface area contributed by atoms with Crippen LogP contribution in [0.15, 0.2) is 54.7 Å². The van der Waals surface area contributed by atoms with Crippen molar-refractivity contribution in [2.24, 2.45) is 5.73 Å². The molecule has 0 saturated heterocycles. The van der Waals surface area contributed by atoms with Gasteiger partial charge in [-0.2, -0.15) is 18.2 Å². The second-order valence-corrected chi connectivity index (χ2v) is 5.89. The molecule has 0 spiro atoms. The molecule has 3 N–H and O–H groups in total. The minimum Gasteiger partial charge on any atom is -0.410 e. The SMILES string of the molecule is NC(=O)Oc1cccc(Nc2nc(Cl)ncc2-c2ccc(C(F)(F)F)cc2)c1. The summed E-state index contributed by atoms with van der Waals surface area (Å²) in [5.74, 6) is 0.463. The van der Waals surface area contributed by atoms with Gasteiger partial charge in [0.05, 0.1) is 5.56 Å². The van der Waals surface area contributed by atoms with Gasteiger partial charge in [-0.05, 0) is 41.4 Å². The van der Waals surface area contributed by atoms with E-state index in [0.29, 0.717) is 16.8 Å². The van der Waals surface area contributed by atoms with Gasteiger partial charge >= 0.3 is 12.3 Å². The Labute approximate surface area is 162 Å². The van der Waals surface area contributed by atoms with Crippen LogP contribution in [0.5, 0.6) is 5.75 Å². The number of halogens is 4. The molecule has 0 saturated carbocycles. The molecule has 1 heterocycles. The predicted octanol–water partition coefficient (Wildman–Crippen LogP) is 5.02. The number of hydrogen-bond acceptors (Lipinski definition) is 5. The number of benzene rings is 2. The average Bonchev–Trinajstić information content (AvgIpc) is 2.61. The molecule has 0 aliphatic heterocycles. The zero-order valence-corrected chi connectivity index (χ0v) is 14.8. The molecule has 1 amide bonds. The molecule has 6 nitrogen and oxygen atoms in total. The van der Waals surface area contributed by atoms with Crippen molar-refractivity contribution in [3.63, 3.8) is 0 Å². The highest BCUT2D eigenvalue weighted by Crippen LogP contribution is 2.34. The molecule has 3 rings (SSSR count). The van der Waals surface area contributed by atoms with Crippen molar-refractivity contribution < 1.29 is 22.7 Å². The maximum absolute atomic E-state index is 12.8. The number of nitrogens with one attached hydrogen (secondary N) is 1. The number of carbonyl (C=O) groups is 1. The van der Waals surface area contributed by atoms with Crippen molar-refractivity contribution >= 4 is 29.2 Å². The fourth-order valence-electron chi connectivity index (χ4n) is 2.40. The summed E-state index contributed by atoms with van der Waals surface area (Å²) < 4.78 is 43.1. The van der Waals surface area contributed by atoms with Crippen LogP contribution in [0, 0.1) is 0 Å². The van der Waals surface area contributed by atoms with Crippen molar-refractivity contribution in [2.75, 3.05) is 5.32 Å². The normalized spacial score (nSPS) is 11.1. The van der Waals surface area contributed by atoms with E-state index in [2.05, 4.69) is 15.3 Å². The number of anilines is 2. The maximum Gasteiger partial charge on any atom is 0.416 e. The summed E-state index contributed by atoms with van der Waals surface area (Å²) in [5, 5.41) is 2.93. The molecule has 0 aliphatic rings. The number of aromatic nitrogens is 2. The number of ether oxygens (including phenoxy) is 1. The van der Waals surface area contributed by atoms with Crippen LogP contribution >= 0.6 is 11.6 Å². The van der Waals surface area contributed by atoms with Crippen LogP contribution in [-0.4, -0.2) is 16.1 Å². The molecule has 0 bridgehead atoms. The van der Waals surface area contributed by atoms with Gasteiger partial charge < -0.3 is 15.8 Å². The third-order valence-electron chi connectivity index (χ3n) is 3.60. The quantitative estimate of drug-likeness (QED) is 0.592. The summed E-state index contributed by atoms with van der Waals surface area (Å²) in [5.41, 5.74) is 5.60. The summed E-state index contributed by atoms with van der Waals surface area (Å²) >= 11 is 5.86. The van der Waals surface area contributed by atoms with Gasteiger partial charge in [0.2, 0.25) is 5.28 Å². The smallest absolute Gasteiger partial charge is 0.410 e. The molecule has 2 aromatic carbocycles. The van der Waals surface area contributed by atoms with Gasteiger partial charge in [0.25, 0.3) is 0 Å². The van der Waals surface area contributed by atoms with Crippen molar-refractivity contribution in [2.45, 2.75) is 6.18 Å². The van der Waals surface area contributed by atoms with Crippen molar-refractivity contribution in [3.05, 3.63) is 65.6 Å². The molecule has 3 aromatic rings. The molecule has 0 aliphatic carbocycles. The third kappa shape index (κ3) is 4.68. The van der Waals surface area contributed by atoms with E-state index in [1.165, 1.54) is 30.5 Å². The molecular weight excluding hydrogens is 397 g/mol. The van der Waals surface area contributed by atoms with Gasteiger partial charge in [-0.25, -0.2) is 9.78 Å². The van der Waals surface area contributed by atoms with Crippen LogP contribution in [0.25, 0.3) is 11.1 Å². The Balaban J connectivity index is 1.95. The Hall–Kier alpha value is -3.33. The van der Waals surface area contributed by atoms with Crippen LogP contribution in [0.1, 0.15) is 5.56 Å². The van der Waals surface area contributed by atoms with E-state index < -0.39 is 17.8 Å². The first-order valence-electron chi connectivity index (χ1n) is 7.77. The van der Waals surface area contributed by atoms with Crippen LogP contribution in [0.4, 0.5) is 29.5 Å². The molecule has 10 heteroatoms. The van der Waals surface area contributed by atoms with Crippen LogP contribution < -0.4 is 15.8 Å². The minimum absolute atomic E-state index is 0.0531. The Morgan fingerprint density at radius 2 is 1.86 bits per heavy atom. The van der Waals surface area contributed by atoms with Gasteiger partial charge in [-0.3, -0.25) is 0 Å². The van der Waals surface area contributed by atoms with E-state index >= 15 is 0 Å². The second kappa shape index (κ2) is 7.73. The van der Waals surface area contributed by atoms with Crippen LogP contribution in [-0.2, 0) is 6.18 Å². The Morgan fingerprint density at radius 3 is 2.50 bits per heavy atom. The van der Waals surface area contributed by atoms with Gasteiger partial charge in [0.1, 0.15) is 11.6 Å². The number of carbonyl (C=O) groups excluding carboxylic acids is 1. The monoisotopic (exact) mass is 408 g/mol. The van der Waals surface area contributed by atoms with E-state index in [1.54, 1.807) is 12.1 Å². The second-order valence-electron chi connectivity index (χ2n) is 5.55. The number of amides is 1. The molecule has 0 unspecified atom stereocenters. The van der Waals surface area contributed by atoms with E-state index in [-0.39, 0.29) is 16.9 Å². The topological polar surface area (TPSA) is 90.1 Å². The van der Waals surface area contributed by atoms with E-state index in [1.807, 2.05) is 0 Å². The number of nitrogens with two attached hydrogens (primary N) is 1. The lowest BCUT2D eigenvalue weighted by Gasteiger charge is -2.13. The largest absolute Gasteiger partial charge is 0.416 e. The summed E-state index contributed by atoms with van der Waals surface area (Å²) in [6, 6.07) is 10.9. The van der Waals surface area contributed by atoms with Crippen molar-refractivity contribution in [3.8, 4) is 16.9 Å². The Kier molecular flexibility index (Phi) is 5.36. The fourth-order valence-corrected chi connectivity index (χ4v) is 2.53. The van der Waals surface area contributed by atoms with Crippen LogP contribution in [0.3, 0.4) is 0 Å². The van der Waals surface area contributed by atoms with Gasteiger partial charge in [0, 0.05) is 23.5 Å². The van der Waals surface area contributed by atoms with Crippen molar-refractivity contribution in [1.82, 2.24) is 9.97 Å². The first-order valence-corrected chi connectivity index (χ1v) is 8.15. The number of alkyl halides is 3. The lowest BCUT2D eigenvalue weighted by atomic mass is 10.1. The maximum atomic E-state index is 12.8. The highest BCUT2D eigenvalue weighted by molar-refractivity contribution is 6.28. The summed E-state index contributed by atoms with van der Waals surface area (Å²) in [7, 11) is 0. The first kappa shape index (κ1) is 19.4. The van der Waals surface area contributed by atoms with E-state index in [0.717, 1.165) is 12.1 Å². The summed E-state index contributed by atoms with van der Waals surface area (Å²) in [6.45, 7) is 0. The molecule has 144 valence electrons. The zero-order chi connectivity index (χ0) is 20.3. The number of hydrogen-bond donors (Lipinski definition) is 2. The van der Waals surface area contributed by atoms with E-state index in [4.69, 9.17) is 22.1 Å². The fraction of sp³-hybridized carbons (Fsp3) is 0.0556. The first-order chi connectivity index (χ1) is 13.2. The van der Waals surface area contributed by atoms with Gasteiger partial charge in [-0.1, -0.05) is 18.2 Å². The van der Waals surface area contributed by atoms with Gasteiger partial charge in [0.15, 0.2) is 0 Å². The highest BCUT2D eigenvalue weighted by Gasteiger charge is 2.30.